The molecule has 1 aliphatic carbocycles. The van der Waals surface area contributed by atoms with Crippen LogP contribution in [-0.4, -0.2) is 74.8 Å². The van der Waals surface area contributed by atoms with Crippen LogP contribution in [0.25, 0.3) is 11.3 Å². The van der Waals surface area contributed by atoms with Crippen LogP contribution in [0.1, 0.15) is 101 Å². The van der Waals surface area contributed by atoms with E-state index < -0.39 is 0 Å². The van der Waals surface area contributed by atoms with Crippen molar-refractivity contribution >= 4 is 29.9 Å². The number of urea groups is 1. The first-order valence-corrected chi connectivity index (χ1v) is 19.5. The van der Waals surface area contributed by atoms with Crippen molar-refractivity contribution in [3.8, 4) is 11.4 Å². The van der Waals surface area contributed by atoms with Crippen LogP contribution in [0.2, 0.25) is 0 Å². The second kappa shape index (κ2) is 18.4. The van der Waals surface area contributed by atoms with Gasteiger partial charge in [0.05, 0.1) is 23.6 Å². The number of aromatic nitrogens is 5. The summed E-state index contributed by atoms with van der Waals surface area (Å²) < 4.78 is 15.7. The van der Waals surface area contributed by atoms with Gasteiger partial charge in [0, 0.05) is 44.3 Å². The third-order valence-corrected chi connectivity index (χ3v) is 10.4. The van der Waals surface area contributed by atoms with Gasteiger partial charge in [0.1, 0.15) is 17.7 Å². The molecular weight excluding hydrogens is 711 g/mol. The van der Waals surface area contributed by atoms with Crippen molar-refractivity contribution in [1.29, 1.82) is 0 Å². The third kappa shape index (κ3) is 9.66. The van der Waals surface area contributed by atoms with E-state index in [4.69, 9.17) is 24.5 Å². The molecule has 0 spiro atoms. The second-order valence-corrected chi connectivity index (χ2v) is 15.5. The molecule has 2 amide bonds. The summed E-state index contributed by atoms with van der Waals surface area (Å²) in [6.45, 7) is 11.8. The second-order valence-electron chi connectivity index (χ2n) is 15.5. The Bertz CT molecular complexity index is 2060. The Morgan fingerprint density at radius 3 is 2.50 bits per heavy atom. The number of hydrogen-bond acceptors (Lipinski definition) is 9. The molecule has 4 heterocycles. The zero-order valence-electron chi connectivity index (χ0n) is 33.1. The number of benzene rings is 2. The van der Waals surface area contributed by atoms with Gasteiger partial charge in [0.15, 0.2) is 5.65 Å². The van der Waals surface area contributed by atoms with E-state index in [2.05, 4.69) is 83.0 Å². The van der Waals surface area contributed by atoms with E-state index >= 15 is 0 Å². The van der Waals surface area contributed by atoms with Crippen molar-refractivity contribution in [2.24, 2.45) is 0 Å². The molecule has 0 saturated carbocycles. The van der Waals surface area contributed by atoms with E-state index in [1.165, 1.54) is 12.0 Å². The molecule has 3 aromatic heterocycles. The molecule has 1 fully saturated rings. The van der Waals surface area contributed by atoms with E-state index in [0.29, 0.717) is 11.9 Å². The molecule has 0 radical (unpaired) electrons. The quantitative estimate of drug-likeness (QED) is 0.0756. The average Bonchev–Trinajstić information content (AvgIpc) is 3.81. The normalized spacial score (nSPS) is 18.1. The number of hydrogen-bond donors (Lipinski definition) is 4. The Balaban J connectivity index is 0.00000172. The van der Waals surface area contributed by atoms with Crippen LogP contribution >= 0.6 is 0 Å². The molecular formula is C42H55N9O5. The minimum absolute atomic E-state index is 0.155. The van der Waals surface area contributed by atoms with Crippen LogP contribution in [0.15, 0.2) is 72.9 Å². The van der Waals surface area contributed by atoms with Crippen LogP contribution in [0, 0.1) is 0 Å². The Kier molecular flexibility index (Phi) is 13.2. The van der Waals surface area contributed by atoms with Gasteiger partial charge in [-0.2, -0.15) is 5.10 Å². The molecule has 2 aromatic carbocycles. The number of pyridine rings is 1. The first-order chi connectivity index (χ1) is 27.1. The van der Waals surface area contributed by atoms with Gasteiger partial charge >= 0.3 is 6.03 Å². The number of ether oxygens (including phenoxy) is 2. The lowest BCUT2D eigenvalue weighted by Gasteiger charge is -2.33. The summed E-state index contributed by atoms with van der Waals surface area (Å²) in [6, 6.07) is 22.4. The van der Waals surface area contributed by atoms with Crippen LogP contribution in [-0.2, 0) is 21.5 Å². The summed E-state index contributed by atoms with van der Waals surface area (Å²) in [7, 11) is 1.72. The fraction of sp³-hybridized carbons (Fsp3) is 0.452. The van der Waals surface area contributed by atoms with Crippen LogP contribution in [0.5, 0.6) is 5.75 Å². The van der Waals surface area contributed by atoms with E-state index in [1.807, 2.05) is 57.7 Å². The molecule has 5 aromatic rings. The number of amides is 2. The maximum absolute atomic E-state index is 13.7. The molecule has 1 saturated heterocycles. The molecule has 14 nitrogen and oxygen atoms in total. The van der Waals surface area contributed by atoms with Crippen molar-refractivity contribution in [2.45, 2.75) is 96.4 Å². The number of rotatable bonds is 12. The minimum atomic E-state index is -0.278. The highest BCUT2D eigenvalue weighted by molar-refractivity contribution is 5.89. The number of carbonyl (C=O) groups excluding carboxylic acids is 1. The Hall–Kier alpha value is -5.47. The molecule has 3 atom stereocenters. The maximum Gasteiger partial charge on any atom is 0.320 e. The molecule has 14 heteroatoms. The van der Waals surface area contributed by atoms with E-state index in [9.17, 15) is 4.79 Å². The number of carbonyl (C=O) groups is 2. The summed E-state index contributed by atoms with van der Waals surface area (Å²) in [5.74, 6) is 2.25. The Morgan fingerprint density at radius 2 is 1.77 bits per heavy atom. The third-order valence-electron chi connectivity index (χ3n) is 10.4. The lowest BCUT2D eigenvalue weighted by atomic mass is 9.85. The number of nitrogens with zero attached hydrogens (tertiary/aromatic N) is 6. The number of nitrogens with one attached hydrogen (secondary N) is 3. The van der Waals surface area contributed by atoms with Crippen LogP contribution in [0.4, 0.5) is 16.6 Å². The molecule has 7 rings (SSSR count). The standard InChI is InChI=1S/C41H53N9O3.CH2O2/c1-28-11-8-9-23-48(28)40-46-45-37-21-18-31(27-49(37)40)53-35-20-19-34(32-12-6-7-13-33(32)35)43-39(51)44-38-25-36(41(2,3)4)47-50(38)30-16-14-29(15-17-30)26-42-22-10-24-52-5;2-1-3/h6-7,12-18,21,25,27-28,34-35,42H,8-11,19-20,22-24,26H2,1-5H3,(H2,43,44,51);1H,(H,2,3)/t28?,34-,35+;/m0./s1. The summed E-state index contributed by atoms with van der Waals surface area (Å²) in [5.41, 5.74) is 5.68. The first kappa shape index (κ1) is 40.2. The largest absolute Gasteiger partial charge is 0.484 e. The Morgan fingerprint density at radius 1 is 1.00 bits per heavy atom. The van der Waals surface area contributed by atoms with E-state index in [1.54, 1.807) is 7.11 Å². The fourth-order valence-corrected chi connectivity index (χ4v) is 7.38. The van der Waals surface area contributed by atoms with Gasteiger partial charge < -0.3 is 30.1 Å². The summed E-state index contributed by atoms with van der Waals surface area (Å²) in [4.78, 5) is 24.4. The van der Waals surface area contributed by atoms with E-state index in [-0.39, 0.29) is 30.1 Å². The van der Waals surface area contributed by atoms with Crippen molar-refractivity contribution in [1.82, 2.24) is 35.0 Å². The topological polar surface area (TPSA) is 160 Å². The number of piperidine rings is 1. The zero-order valence-corrected chi connectivity index (χ0v) is 33.1. The van der Waals surface area contributed by atoms with Gasteiger partial charge in [-0.15, -0.1) is 10.2 Å². The summed E-state index contributed by atoms with van der Waals surface area (Å²) in [6.07, 6.45) is 7.86. The highest BCUT2D eigenvalue weighted by Crippen LogP contribution is 2.39. The minimum Gasteiger partial charge on any atom is -0.484 e. The SMILES string of the molecule is COCCCNCc1ccc(-n2nc(C(C)(C)C)cc2NC(=O)N[C@H]2CC[C@@H](Oc3ccc4nnc(N5CCCCC5C)n4c3)c3ccccc32)cc1.O=CO. The van der Waals surface area contributed by atoms with Gasteiger partial charge in [-0.05, 0) is 92.9 Å². The lowest BCUT2D eigenvalue weighted by Crippen LogP contribution is -2.38. The smallest absolute Gasteiger partial charge is 0.320 e. The van der Waals surface area contributed by atoms with Crippen LogP contribution < -0.4 is 25.6 Å². The van der Waals surface area contributed by atoms with E-state index in [0.717, 1.165) is 98.2 Å². The lowest BCUT2D eigenvalue weighted by molar-refractivity contribution is -0.122. The van der Waals surface area contributed by atoms with Gasteiger partial charge in [-0.1, -0.05) is 57.2 Å². The molecule has 56 heavy (non-hydrogen) atoms. The zero-order chi connectivity index (χ0) is 39.7. The van der Waals surface area contributed by atoms with Crippen molar-refractivity contribution < 1.29 is 24.2 Å². The highest BCUT2D eigenvalue weighted by Gasteiger charge is 2.31. The molecule has 0 bridgehead atoms. The van der Waals surface area contributed by atoms with Crippen molar-refractivity contribution in [3.05, 3.63) is 95.3 Å². The van der Waals surface area contributed by atoms with Gasteiger partial charge in [-0.3, -0.25) is 14.5 Å². The molecule has 1 aliphatic heterocycles. The van der Waals surface area contributed by atoms with Crippen LogP contribution in [0.3, 0.4) is 0 Å². The molecule has 1 unspecified atom stereocenters. The number of carboxylic acid groups (broad SMARTS) is 1. The molecule has 298 valence electrons. The summed E-state index contributed by atoms with van der Waals surface area (Å²) in [5, 5.41) is 30.6. The first-order valence-electron chi connectivity index (χ1n) is 19.5. The van der Waals surface area contributed by atoms with Crippen molar-refractivity contribution in [3.63, 3.8) is 0 Å². The van der Waals surface area contributed by atoms with Gasteiger partial charge in [0.2, 0.25) is 5.95 Å². The number of fused-ring (bicyclic) bond motifs is 2. The van der Waals surface area contributed by atoms with Gasteiger partial charge in [0.25, 0.3) is 6.47 Å². The molecule has 2 aliphatic rings. The maximum atomic E-state index is 13.7. The highest BCUT2D eigenvalue weighted by atomic mass is 16.5. The van der Waals surface area contributed by atoms with Gasteiger partial charge in [-0.25, -0.2) is 9.48 Å². The van der Waals surface area contributed by atoms with Crippen molar-refractivity contribution in [2.75, 3.05) is 37.0 Å². The summed E-state index contributed by atoms with van der Waals surface area (Å²) >= 11 is 0. The Labute approximate surface area is 328 Å². The monoisotopic (exact) mass is 765 g/mol. The average molecular weight is 766 g/mol. The predicted molar refractivity (Wildman–Crippen MR) is 217 cm³/mol. The predicted octanol–water partition coefficient (Wildman–Crippen LogP) is 7.19. The number of anilines is 2. The fourth-order valence-electron chi connectivity index (χ4n) is 7.38. The number of methoxy groups -OCH3 is 1. The molecule has 4 N–H and O–H groups in total.